The first-order chi connectivity index (χ1) is 11.2. The van der Waals surface area contributed by atoms with Crippen molar-refractivity contribution < 1.29 is 22.0 Å². The van der Waals surface area contributed by atoms with Crippen LogP contribution < -0.4 is 0 Å². The van der Waals surface area contributed by atoms with Gasteiger partial charge in [0.15, 0.2) is 11.6 Å². The molecule has 0 radical (unpaired) electrons. The van der Waals surface area contributed by atoms with E-state index in [1.807, 2.05) is 0 Å². The Kier molecular flexibility index (Phi) is 5.24. The third-order valence-electron chi connectivity index (χ3n) is 3.32. The molecule has 0 fully saturated rings. The van der Waals surface area contributed by atoms with Gasteiger partial charge in [0.25, 0.3) is 0 Å². The molecule has 1 aromatic heterocycles. The smallest absolute Gasteiger partial charge is 0.323 e. The van der Waals surface area contributed by atoms with Gasteiger partial charge in [0, 0.05) is 13.1 Å². The van der Waals surface area contributed by atoms with Gasteiger partial charge < -0.3 is 4.90 Å². The second-order valence-corrected chi connectivity index (χ2v) is 7.03. The van der Waals surface area contributed by atoms with Crippen LogP contribution in [-0.2, 0) is 9.84 Å². The van der Waals surface area contributed by atoms with Gasteiger partial charge in [-0.05, 0) is 32.0 Å². The lowest BCUT2D eigenvalue weighted by molar-refractivity contribution is 0.201. The summed E-state index contributed by atoms with van der Waals surface area (Å²) in [5, 5.41) is 2.82. The number of hydrogen-bond acceptors (Lipinski definition) is 4. The van der Waals surface area contributed by atoms with E-state index in [1.165, 1.54) is 4.90 Å². The van der Waals surface area contributed by atoms with Crippen LogP contribution in [0.25, 0.3) is 0 Å². The van der Waals surface area contributed by atoms with Gasteiger partial charge in [0.05, 0.1) is 16.1 Å². The molecule has 1 amide bonds. The SMILES string of the molecule is CCN(CC)C(=O)n1cc(Cl)c(S(=O)(=O)c2ccc(F)c(F)c2)n1. The highest BCUT2D eigenvalue weighted by atomic mass is 35.5. The van der Waals surface area contributed by atoms with E-state index in [0.29, 0.717) is 25.2 Å². The zero-order chi connectivity index (χ0) is 18.1. The van der Waals surface area contributed by atoms with Crippen molar-refractivity contribution in [3.63, 3.8) is 0 Å². The number of benzene rings is 1. The predicted molar refractivity (Wildman–Crippen MR) is 82.8 cm³/mol. The molecule has 0 atom stereocenters. The van der Waals surface area contributed by atoms with E-state index in [4.69, 9.17) is 11.6 Å². The van der Waals surface area contributed by atoms with Crippen LogP contribution in [-0.4, -0.2) is 42.2 Å². The number of aromatic nitrogens is 2. The fraction of sp³-hybridized carbons (Fsp3) is 0.286. The van der Waals surface area contributed by atoms with E-state index >= 15 is 0 Å². The van der Waals surface area contributed by atoms with Gasteiger partial charge in [0.1, 0.15) is 0 Å². The fourth-order valence-electron chi connectivity index (χ4n) is 2.01. The molecule has 130 valence electrons. The average Bonchev–Trinajstić information content (AvgIpc) is 2.93. The fourth-order valence-corrected chi connectivity index (χ4v) is 3.68. The standard InChI is InChI=1S/C14H14ClF2N3O3S/c1-3-19(4-2)14(21)20-8-10(15)13(18-20)24(22,23)9-5-6-11(16)12(17)7-9/h5-8H,3-4H2,1-2H3. The molecule has 0 aliphatic carbocycles. The lowest BCUT2D eigenvalue weighted by atomic mass is 10.3. The Morgan fingerprint density at radius 2 is 1.88 bits per heavy atom. The van der Waals surface area contributed by atoms with Crippen molar-refractivity contribution in [1.82, 2.24) is 14.7 Å². The van der Waals surface area contributed by atoms with Crippen LogP contribution in [0.4, 0.5) is 13.6 Å². The Labute approximate surface area is 142 Å². The molecule has 0 spiro atoms. The predicted octanol–water partition coefficient (Wildman–Crippen LogP) is 2.96. The maximum atomic E-state index is 13.3. The molecule has 2 rings (SSSR count). The number of amides is 1. The largest absolute Gasteiger partial charge is 0.344 e. The minimum absolute atomic E-state index is 0.291. The van der Waals surface area contributed by atoms with Crippen molar-refractivity contribution in [2.45, 2.75) is 23.8 Å². The quantitative estimate of drug-likeness (QED) is 0.768. The molecule has 0 aliphatic heterocycles. The maximum absolute atomic E-state index is 13.3. The first kappa shape index (κ1) is 18.3. The van der Waals surface area contributed by atoms with Crippen molar-refractivity contribution >= 4 is 27.5 Å². The van der Waals surface area contributed by atoms with E-state index in [-0.39, 0.29) is 5.02 Å². The zero-order valence-corrected chi connectivity index (χ0v) is 14.4. The van der Waals surface area contributed by atoms with E-state index < -0.39 is 37.4 Å². The summed E-state index contributed by atoms with van der Waals surface area (Å²) in [6, 6.07) is 1.57. The number of rotatable bonds is 4. The second kappa shape index (κ2) is 6.86. The summed E-state index contributed by atoms with van der Waals surface area (Å²) in [4.78, 5) is 13.1. The molecule has 0 saturated carbocycles. The summed E-state index contributed by atoms with van der Waals surface area (Å²) in [6.07, 6.45) is 1.06. The molecule has 0 unspecified atom stereocenters. The molecule has 0 bridgehead atoms. The molecule has 24 heavy (non-hydrogen) atoms. The van der Waals surface area contributed by atoms with Crippen LogP contribution in [0.1, 0.15) is 13.8 Å². The highest BCUT2D eigenvalue weighted by molar-refractivity contribution is 7.91. The number of nitrogens with zero attached hydrogens (tertiary/aromatic N) is 3. The summed E-state index contributed by atoms with van der Waals surface area (Å²) in [6.45, 7) is 4.31. The van der Waals surface area contributed by atoms with Crippen LogP contribution in [0.3, 0.4) is 0 Å². The van der Waals surface area contributed by atoms with Crippen molar-refractivity contribution in [2.75, 3.05) is 13.1 Å². The number of sulfone groups is 1. The molecule has 1 heterocycles. The van der Waals surface area contributed by atoms with Gasteiger partial charge in [-0.2, -0.15) is 9.78 Å². The van der Waals surface area contributed by atoms with Crippen LogP contribution >= 0.6 is 11.6 Å². The summed E-state index contributed by atoms with van der Waals surface area (Å²) >= 11 is 5.88. The highest BCUT2D eigenvalue weighted by Crippen LogP contribution is 2.27. The molecular formula is C14H14ClF2N3O3S. The highest BCUT2D eigenvalue weighted by Gasteiger charge is 2.28. The van der Waals surface area contributed by atoms with Crippen LogP contribution in [0.5, 0.6) is 0 Å². The van der Waals surface area contributed by atoms with Gasteiger partial charge in [-0.3, -0.25) is 0 Å². The minimum atomic E-state index is -4.30. The third-order valence-corrected chi connectivity index (χ3v) is 5.40. The Hall–Kier alpha value is -2.00. The van der Waals surface area contributed by atoms with E-state index in [0.717, 1.165) is 16.9 Å². The van der Waals surface area contributed by atoms with E-state index in [9.17, 15) is 22.0 Å². The van der Waals surface area contributed by atoms with Gasteiger partial charge >= 0.3 is 6.03 Å². The first-order valence-electron chi connectivity index (χ1n) is 6.97. The normalized spacial score (nSPS) is 11.5. The maximum Gasteiger partial charge on any atom is 0.344 e. The molecule has 0 saturated heterocycles. The van der Waals surface area contributed by atoms with Crippen molar-refractivity contribution in [3.8, 4) is 0 Å². The topological polar surface area (TPSA) is 72.3 Å². The van der Waals surface area contributed by atoms with Gasteiger partial charge in [-0.15, -0.1) is 0 Å². The average molecular weight is 378 g/mol. The summed E-state index contributed by atoms with van der Waals surface area (Å²) in [5.41, 5.74) is 0. The lowest BCUT2D eigenvalue weighted by Crippen LogP contribution is -2.34. The van der Waals surface area contributed by atoms with Crippen molar-refractivity contribution in [2.24, 2.45) is 0 Å². The number of hydrogen-bond donors (Lipinski definition) is 0. The molecule has 2 aromatic rings. The lowest BCUT2D eigenvalue weighted by Gasteiger charge is -2.17. The van der Waals surface area contributed by atoms with Gasteiger partial charge in [-0.1, -0.05) is 11.6 Å². The zero-order valence-electron chi connectivity index (χ0n) is 12.8. The minimum Gasteiger partial charge on any atom is -0.323 e. The van der Waals surface area contributed by atoms with E-state index in [1.54, 1.807) is 13.8 Å². The van der Waals surface area contributed by atoms with Crippen molar-refractivity contribution in [3.05, 3.63) is 41.1 Å². The van der Waals surface area contributed by atoms with Gasteiger partial charge in [0.2, 0.25) is 14.9 Å². The van der Waals surface area contributed by atoms with Crippen LogP contribution in [0, 0.1) is 11.6 Å². The molecule has 1 aromatic carbocycles. The van der Waals surface area contributed by atoms with Crippen LogP contribution in [0.2, 0.25) is 5.02 Å². The molecule has 0 N–H and O–H groups in total. The molecule has 6 nitrogen and oxygen atoms in total. The Morgan fingerprint density at radius 1 is 1.25 bits per heavy atom. The monoisotopic (exact) mass is 377 g/mol. The second-order valence-electron chi connectivity index (χ2n) is 4.76. The molecule has 0 aliphatic rings. The van der Waals surface area contributed by atoms with E-state index in [2.05, 4.69) is 5.10 Å². The number of halogens is 3. The Bertz CT molecular complexity index is 879. The first-order valence-corrected chi connectivity index (χ1v) is 8.83. The third kappa shape index (κ3) is 3.27. The number of carbonyl (C=O) groups excluding carboxylic acids is 1. The summed E-state index contributed by atoms with van der Waals surface area (Å²) in [5.74, 6) is -2.49. The van der Waals surface area contributed by atoms with Crippen molar-refractivity contribution in [1.29, 1.82) is 0 Å². The van der Waals surface area contributed by atoms with Gasteiger partial charge in [-0.25, -0.2) is 22.0 Å². The van der Waals surface area contributed by atoms with Crippen LogP contribution in [0.15, 0.2) is 34.3 Å². The molecule has 10 heteroatoms. The number of carbonyl (C=O) groups is 1. The molecular weight excluding hydrogens is 364 g/mol. The Morgan fingerprint density at radius 3 is 2.42 bits per heavy atom. The summed E-state index contributed by atoms with van der Waals surface area (Å²) < 4.78 is 52.1. The summed E-state index contributed by atoms with van der Waals surface area (Å²) in [7, 11) is -4.30. The Balaban J connectivity index is 2.49.